The van der Waals surface area contributed by atoms with Crippen LogP contribution in [0.5, 0.6) is 0 Å². The Balaban J connectivity index is 2.63. The van der Waals surface area contributed by atoms with Gasteiger partial charge in [0.2, 0.25) is 0 Å². The number of carbonyl (C=O) groups is 1. The summed E-state index contributed by atoms with van der Waals surface area (Å²) in [6.45, 7) is 0.614. The molecule has 0 spiro atoms. The number of benzene rings is 1. The van der Waals surface area contributed by atoms with Gasteiger partial charge in [-0.3, -0.25) is 4.79 Å². The lowest BCUT2D eigenvalue weighted by molar-refractivity contribution is 0.0665. The average Bonchev–Trinajstić information content (AvgIpc) is 2.18. The molecule has 0 N–H and O–H groups in total. The Bertz CT molecular complexity index is 399. The van der Waals surface area contributed by atoms with E-state index in [4.69, 9.17) is 11.2 Å². The van der Waals surface area contributed by atoms with E-state index < -0.39 is 0 Å². The van der Waals surface area contributed by atoms with E-state index >= 15 is 0 Å². The molecule has 1 aliphatic heterocycles. The number of terminal acetylenes is 1. The molecule has 0 bridgehead atoms. The minimum atomic E-state index is 0.0124. The monoisotopic (exact) mass is 172 g/mol. The van der Waals surface area contributed by atoms with Crippen molar-refractivity contribution in [3.05, 3.63) is 34.9 Å². The van der Waals surface area contributed by atoms with Crippen LogP contribution in [0, 0.1) is 12.3 Å². The van der Waals surface area contributed by atoms with Crippen LogP contribution in [0.25, 0.3) is 0 Å². The molecule has 0 saturated carbocycles. The fraction of sp³-hybridized carbons (Fsp3) is 0.182. The number of ether oxygens (including phenoxy) is 1. The molecular formula is C11H8O2. The van der Waals surface area contributed by atoms with Gasteiger partial charge in [-0.2, -0.15) is 0 Å². The van der Waals surface area contributed by atoms with Gasteiger partial charge >= 0.3 is 0 Å². The van der Waals surface area contributed by atoms with Crippen molar-refractivity contribution in [1.82, 2.24) is 0 Å². The number of hydrogen-bond acceptors (Lipinski definition) is 2. The van der Waals surface area contributed by atoms with E-state index in [1.165, 1.54) is 0 Å². The first-order chi connectivity index (χ1) is 6.33. The highest BCUT2D eigenvalue weighted by molar-refractivity contribution is 5.99. The molecular weight excluding hydrogens is 164 g/mol. The Morgan fingerprint density at radius 3 is 3.00 bits per heavy atom. The largest absolute Gasteiger partial charge is 0.369 e. The molecule has 0 radical (unpaired) electrons. The first-order valence-corrected chi connectivity index (χ1v) is 4.02. The van der Waals surface area contributed by atoms with Crippen molar-refractivity contribution >= 4 is 5.78 Å². The quantitative estimate of drug-likeness (QED) is 0.552. The molecule has 1 aromatic carbocycles. The second kappa shape index (κ2) is 3.04. The summed E-state index contributed by atoms with van der Waals surface area (Å²) in [5.74, 6) is 2.56. The standard InChI is InChI=1S/C11H8O2/c1-2-8-4-3-5-9-10(8)6-13-7-11(9)12/h1,3-5H,6-7H2. The fourth-order valence-corrected chi connectivity index (χ4v) is 1.46. The average molecular weight is 172 g/mol. The topological polar surface area (TPSA) is 26.3 Å². The maximum absolute atomic E-state index is 11.4. The van der Waals surface area contributed by atoms with E-state index in [2.05, 4.69) is 5.92 Å². The maximum atomic E-state index is 11.4. The first kappa shape index (κ1) is 8.03. The minimum absolute atomic E-state index is 0.0124. The Kier molecular flexibility index (Phi) is 1.88. The van der Waals surface area contributed by atoms with Gasteiger partial charge in [0.05, 0.1) is 6.61 Å². The van der Waals surface area contributed by atoms with Crippen molar-refractivity contribution in [3.63, 3.8) is 0 Å². The zero-order chi connectivity index (χ0) is 9.26. The van der Waals surface area contributed by atoms with E-state index in [0.29, 0.717) is 12.2 Å². The Labute approximate surface area is 76.5 Å². The second-order valence-corrected chi connectivity index (χ2v) is 2.89. The summed E-state index contributed by atoms with van der Waals surface area (Å²) in [4.78, 5) is 11.4. The third-order valence-electron chi connectivity index (χ3n) is 2.11. The molecule has 0 unspecified atom stereocenters. The van der Waals surface area contributed by atoms with E-state index in [-0.39, 0.29) is 12.4 Å². The molecule has 64 valence electrons. The number of carbonyl (C=O) groups excluding carboxylic acids is 1. The summed E-state index contributed by atoms with van der Waals surface area (Å²) in [5, 5.41) is 0. The zero-order valence-electron chi connectivity index (χ0n) is 7.04. The second-order valence-electron chi connectivity index (χ2n) is 2.89. The summed E-state index contributed by atoms with van der Waals surface area (Å²) < 4.78 is 5.11. The molecule has 0 fully saturated rings. The summed E-state index contributed by atoms with van der Waals surface area (Å²) in [7, 11) is 0. The van der Waals surface area contributed by atoms with Gasteiger partial charge in [0.1, 0.15) is 6.61 Å². The predicted molar refractivity (Wildman–Crippen MR) is 48.4 cm³/mol. The van der Waals surface area contributed by atoms with Gasteiger partial charge in [-0.25, -0.2) is 0 Å². The smallest absolute Gasteiger partial charge is 0.188 e. The van der Waals surface area contributed by atoms with Crippen LogP contribution in [-0.4, -0.2) is 12.4 Å². The Morgan fingerprint density at radius 2 is 2.23 bits per heavy atom. The summed E-state index contributed by atoms with van der Waals surface area (Å²) in [5.41, 5.74) is 2.31. The van der Waals surface area contributed by atoms with Crippen molar-refractivity contribution in [3.8, 4) is 12.3 Å². The molecule has 1 heterocycles. The molecule has 0 atom stereocenters. The normalized spacial score (nSPS) is 14.8. The van der Waals surface area contributed by atoms with Crippen LogP contribution < -0.4 is 0 Å². The van der Waals surface area contributed by atoms with Crippen molar-refractivity contribution in [1.29, 1.82) is 0 Å². The lowest BCUT2D eigenvalue weighted by atomic mass is 9.97. The van der Waals surface area contributed by atoms with Crippen LogP contribution in [0.1, 0.15) is 21.5 Å². The highest BCUT2D eigenvalue weighted by Gasteiger charge is 2.18. The van der Waals surface area contributed by atoms with Gasteiger partial charge in [-0.1, -0.05) is 18.1 Å². The van der Waals surface area contributed by atoms with Crippen LogP contribution >= 0.6 is 0 Å². The van der Waals surface area contributed by atoms with Gasteiger partial charge in [0.15, 0.2) is 5.78 Å². The Hall–Kier alpha value is -1.59. The van der Waals surface area contributed by atoms with E-state index in [9.17, 15) is 4.79 Å². The van der Waals surface area contributed by atoms with Gasteiger partial charge in [-0.05, 0) is 6.07 Å². The number of Topliss-reactive ketones (excluding diaryl/α,β-unsaturated/α-hetero) is 1. The van der Waals surface area contributed by atoms with Crippen molar-refractivity contribution in [2.75, 3.05) is 6.61 Å². The third-order valence-corrected chi connectivity index (χ3v) is 2.11. The zero-order valence-corrected chi connectivity index (χ0v) is 7.04. The SMILES string of the molecule is C#Cc1cccc2c1COCC2=O. The van der Waals surface area contributed by atoms with Gasteiger partial charge < -0.3 is 4.74 Å². The van der Waals surface area contributed by atoms with Crippen molar-refractivity contribution < 1.29 is 9.53 Å². The summed E-state index contributed by atoms with van der Waals surface area (Å²) in [6, 6.07) is 5.42. The van der Waals surface area contributed by atoms with Gasteiger partial charge in [0.25, 0.3) is 0 Å². The molecule has 1 aliphatic rings. The van der Waals surface area contributed by atoms with Crippen LogP contribution in [0.4, 0.5) is 0 Å². The molecule has 2 rings (SSSR count). The number of fused-ring (bicyclic) bond motifs is 1. The molecule has 2 nitrogen and oxygen atoms in total. The minimum Gasteiger partial charge on any atom is -0.369 e. The van der Waals surface area contributed by atoms with E-state index in [1.54, 1.807) is 12.1 Å². The highest BCUT2D eigenvalue weighted by Crippen LogP contribution is 2.19. The third kappa shape index (κ3) is 1.24. The molecule has 0 aliphatic carbocycles. The number of ketones is 1. The summed E-state index contributed by atoms with van der Waals surface area (Å²) >= 11 is 0. The summed E-state index contributed by atoms with van der Waals surface area (Å²) in [6.07, 6.45) is 5.30. The Morgan fingerprint density at radius 1 is 1.38 bits per heavy atom. The van der Waals surface area contributed by atoms with Gasteiger partial charge in [0, 0.05) is 16.7 Å². The molecule has 0 saturated heterocycles. The first-order valence-electron chi connectivity index (χ1n) is 4.02. The number of hydrogen-bond donors (Lipinski definition) is 0. The highest BCUT2D eigenvalue weighted by atomic mass is 16.5. The molecule has 13 heavy (non-hydrogen) atoms. The lowest BCUT2D eigenvalue weighted by Gasteiger charge is -2.16. The molecule has 0 amide bonds. The predicted octanol–water partition coefficient (Wildman–Crippen LogP) is 1.38. The van der Waals surface area contributed by atoms with E-state index in [1.807, 2.05) is 6.07 Å². The van der Waals surface area contributed by atoms with Crippen molar-refractivity contribution in [2.45, 2.75) is 6.61 Å². The lowest BCUT2D eigenvalue weighted by Crippen LogP contribution is -2.18. The van der Waals surface area contributed by atoms with Crippen molar-refractivity contribution in [2.24, 2.45) is 0 Å². The van der Waals surface area contributed by atoms with Gasteiger partial charge in [-0.15, -0.1) is 6.42 Å². The van der Waals surface area contributed by atoms with Crippen LogP contribution in [0.2, 0.25) is 0 Å². The molecule has 0 aromatic heterocycles. The van der Waals surface area contributed by atoms with E-state index in [0.717, 1.165) is 11.1 Å². The maximum Gasteiger partial charge on any atom is 0.188 e. The van der Waals surface area contributed by atoms with Crippen LogP contribution in [-0.2, 0) is 11.3 Å². The molecule has 2 heteroatoms. The molecule has 1 aromatic rings. The fourth-order valence-electron chi connectivity index (χ4n) is 1.46. The number of rotatable bonds is 0. The van der Waals surface area contributed by atoms with Crippen LogP contribution in [0.3, 0.4) is 0 Å². The van der Waals surface area contributed by atoms with Crippen LogP contribution in [0.15, 0.2) is 18.2 Å².